The summed E-state index contributed by atoms with van der Waals surface area (Å²) in [5.41, 5.74) is 2.33. The summed E-state index contributed by atoms with van der Waals surface area (Å²) in [6, 6.07) is 8.44. The molecule has 1 atom stereocenters. The molecular formula is C19H23FN2O2. The summed E-state index contributed by atoms with van der Waals surface area (Å²) < 4.78 is 18.7. The van der Waals surface area contributed by atoms with Gasteiger partial charge < -0.3 is 9.64 Å². The Morgan fingerprint density at radius 3 is 2.71 bits per heavy atom. The number of halogens is 1. The minimum atomic E-state index is -0.299. The van der Waals surface area contributed by atoms with Crippen LogP contribution in [0.4, 0.5) is 4.39 Å². The molecule has 5 heteroatoms. The molecule has 0 fully saturated rings. The normalized spacial score (nSPS) is 12.0. The number of ether oxygens (including phenoxy) is 1. The molecular weight excluding hydrogens is 307 g/mol. The van der Waals surface area contributed by atoms with Gasteiger partial charge in [-0.1, -0.05) is 18.2 Å². The van der Waals surface area contributed by atoms with E-state index in [9.17, 15) is 9.18 Å². The van der Waals surface area contributed by atoms with E-state index in [1.165, 1.54) is 6.07 Å². The zero-order valence-corrected chi connectivity index (χ0v) is 14.3. The van der Waals surface area contributed by atoms with Crippen molar-refractivity contribution < 1.29 is 13.9 Å². The van der Waals surface area contributed by atoms with E-state index in [1.807, 2.05) is 19.1 Å². The van der Waals surface area contributed by atoms with Crippen LogP contribution in [-0.2, 0) is 9.53 Å². The summed E-state index contributed by atoms with van der Waals surface area (Å²) in [6.45, 7) is 4.57. The molecule has 2 rings (SSSR count). The van der Waals surface area contributed by atoms with Crippen LogP contribution in [0.25, 0.3) is 0 Å². The van der Waals surface area contributed by atoms with Crippen LogP contribution in [-0.4, -0.2) is 36.1 Å². The van der Waals surface area contributed by atoms with Crippen LogP contribution in [0.5, 0.6) is 0 Å². The Labute approximate surface area is 142 Å². The second-order valence-electron chi connectivity index (χ2n) is 5.62. The minimum absolute atomic E-state index is 0.00446. The molecule has 0 radical (unpaired) electrons. The molecule has 0 bridgehead atoms. The number of methoxy groups -OCH3 is 1. The SMILES string of the molecule is CCN(C(=O)CCOC)[C@H](c1cccnc1)c1ccc(F)c(C)c1. The molecule has 1 heterocycles. The minimum Gasteiger partial charge on any atom is -0.384 e. The number of nitrogens with zero attached hydrogens (tertiary/aromatic N) is 2. The number of benzene rings is 1. The van der Waals surface area contributed by atoms with Gasteiger partial charge in [0.2, 0.25) is 5.91 Å². The van der Waals surface area contributed by atoms with Crippen LogP contribution in [0.15, 0.2) is 42.7 Å². The predicted octanol–water partition coefficient (Wildman–Crippen LogP) is 3.50. The molecule has 0 saturated carbocycles. The summed E-state index contributed by atoms with van der Waals surface area (Å²) in [6.07, 6.45) is 3.75. The molecule has 0 aliphatic heterocycles. The van der Waals surface area contributed by atoms with Gasteiger partial charge in [0.1, 0.15) is 5.82 Å². The fourth-order valence-electron chi connectivity index (χ4n) is 2.76. The number of carbonyl (C=O) groups is 1. The van der Waals surface area contributed by atoms with Crippen molar-refractivity contribution >= 4 is 5.91 Å². The summed E-state index contributed by atoms with van der Waals surface area (Å²) in [5.74, 6) is -0.257. The van der Waals surface area contributed by atoms with E-state index < -0.39 is 0 Å². The van der Waals surface area contributed by atoms with E-state index in [4.69, 9.17) is 4.74 Å². The molecule has 1 aromatic carbocycles. The number of carbonyl (C=O) groups excluding carboxylic acids is 1. The van der Waals surface area contributed by atoms with Gasteiger partial charge >= 0.3 is 0 Å². The molecule has 128 valence electrons. The van der Waals surface area contributed by atoms with Crippen molar-refractivity contribution in [3.05, 3.63) is 65.2 Å². The molecule has 4 nitrogen and oxygen atoms in total. The first-order valence-electron chi connectivity index (χ1n) is 8.02. The van der Waals surface area contributed by atoms with Gasteiger partial charge in [0.25, 0.3) is 0 Å². The van der Waals surface area contributed by atoms with Crippen LogP contribution in [0.1, 0.15) is 36.1 Å². The van der Waals surface area contributed by atoms with Crippen molar-refractivity contribution in [3.63, 3.8) is 0 Å². The third-order valence-electron chi connectivity index (χ3n) is 3.99. The van der Waals surface area contributed by atoms with Crippen molar-refractivity contribution in [1.29, 1.82) is 0 Å². The van der Waals surface area contributed by atoms with Gasteiger partial charge in [0, 0.05) is 26.0 Å². The molecule has 0 aliphatic rings. The van der Waals surface area contributed by atoms with E-state index >= 15 is 0 Å². The molecule has 24 heavy (non-hydrogen) atoms. The molecule has 0 aliphatic carbocycles. The van der Waals surface area contributed by atoms with E-state index in [0.717, 1.165) is 11.1 Å². The Bertz CT molecular complexity index is 676. The van der Waals surface area contributed by atoms with Crippen LogP contribution in [0, 0.1) is 12.7 Å². The molecule has 1 amide bonds. The van der Waals surface area contributed by atoms with Crippen LogP contribution in [0.2, 0.25) is 0 Å². The number of aryl methyl sites for hydroxylation is 1. The smallest absolute Gasteiger partial charge is 0.225 e. The standard InChI is InChI=1S/C19H23FN2O2/c1-4-22(18(23)9-11-24-3)19(16-6-5-10-21-13-16)15-7-8-17(20)14(2)12-15/h5-8,10,12-13,19H,4,9,11H2,1-3H3/t19-/m0/s1. The van der Waals surface area contributed by atoms with Gasteiger partial charge in [0.05, 0.1) is 19.1 Å². The molecule has 0 saturated heterocycles. The Kier molecular flexibility index (Phi) is 6.44. The largest absolute Gasteiger partial charge is 0.384 e. The lowest BCUT2D eigenvalue weighted by Crippen LogP contribution is -2.36. The summed E-state index contributed by atoms with van der Waals surface area (Å²) in [7, 11) is 1.57. The Hall–Kier alpha value is -2.27. The van der Waals surface area contributed by atoms with Gasteiger partial charge in [-0.05, 0) is 42.7 Å². The number of aromatic nitrogens is 1. The van der Waals surface area contributed by atoms with E-state index in [0.29, 0.717) is 25.1 Å². The fraction of sp³-hybridized carbons (Fsp3) is 0.368. The van der Waals surface area contributed by atoms with Crippen LogP contribution in [0.3, 0.4) is 0 Å². The summed E-state index contributed by atoms with van der Waals surface area (Å²) in [5, 5.41) is 0. The number of hydrogen-bond acceptors (Lipinski definition) is 3. The van der Waals surface area contributed by atoms with Crippen molar-refractivity contribution in [2.45, 2.75) is 26.3 Å². The topological polar surface area (TPSA) is 42.4 Å². The van der Waals surface area contributed by atoms with Gasteiger partial charge in [0.15, 0.2) is 0 Å². The van der Waals surface area contributed by atoms with Crippen molar-refractivity contribution in [3.8, 4) is 0 Å². The fourth-order valence-corrected chi connectivity index (χ4v) is 2.76. The maximum absolute atomic E-state index is 13.7. The van der Waals surface area contributed by atoms with Gasteiger partial charge in [-0.3, -0.25) is 9.78 Å². The quantitative estimate of drug-likeness (QED) is 0.780. The number of hydrogen-bond donors (Lipinski definition) is 0. The zero-order valence-electron chi connectivity index (χ0n) is 14.3. The molecule has 1 aromatic heterocycles. The second kappa shape index (κ2) is 8.55. The lowest BCUT2D eigenvalue weighted by atomic mass is 9.96. The highest BCUT2D eigenvalue weighted by Crippen LogP contribution is 2.29. The highest BCUT2D eigenvalue weighted by atomic mass is 19.1. The maximum Gasteiger partial charge on any atom is 0.225 e. The molecule has 0 N–H and O–H groups in total. The monoisotopic (exact) mass is 330 g/mol. The van der Waals surface area contributed by atoms with E-state index in [1.54, 1.807) is 43.5 Å². The number of pyridine rings is 1. The van der Waals surface area contributed by atoms with Crippen molar-refractivity contribution in [2.75, 3.05) is 20.3 Å². The third kappa shape index (κ3) is 4.17. The lowest BCUT2D eigenvalue weighted by molar-refractivity contribution is -0.133. The first-order valence-corrected chi connectivity index (χ1v) is 8.02. The first-order chi connectivity index (χ1) is 11.6. The Morgan fingerprint density at radius 2 is 2.12 bits per heavy atom. The van der Waals surface area contributed by atoms with Crippen LogP contribution >= 0.6 is 0 Å². The zero-order chi connectivity index (χ0) is 17.5. The maximum atomic E-state index is 13.7. The predicted molar refractivity (Wildman–Crippen MR) is 91.1 cm³/mol. The number of amides is 1. The van der Waals surface area contributed by atoms with Crippen molar-refractivity contribution in [1.82, 2.24) is 9.88 Å². The average molecular weight is 330 g/mol. The molecule has 0 spiro atoms. The summed E-state index contributed by atoms with van der Waals surface area (Å²) >= 11 is 0. The molecule has 0 unspecified atom stereocenters. The first kappa shape index (κ1) is 18.1. The number of rotatable bonds is 7. The third-order valence-corrected chi connectivity index (χ3v) is 3.99. The van der Waals surface area contributed by atoms with E-state index in [-0.39, 0.29) is 17.8 Å². The lowest BCUT2D eigenvalue weighted by Gasteiger charge is -2.32. The molecule has 2 aromatic rings. The van der Waals surface area contributed by atoms with Gasteiger partial charge in [-0.2, -0.15) is 0 Å². The van der Waals surface area contributed by atoms with Gasteiger partial charge in [-0.25, -0.2) is 4.39 Å². The summed E-state index contributed by atoms with van der Waals surface area (Å²) in [4.78, 5) is 18.6. The average Bonchev–Trinajstić information content (AvgIpc) is 2.60. The highest BCUT2D eigenvalue weighted by molar-refractivity contribution is 5.77. The van der Waals surface area contributed by atoms with Gasteiger partial charge in [-0.15, -0.1) is 0 Å². The van der Waals surface area contributed by atoms with Crippen LogP contribution < -0.4 is 0 Å². The highest BCUT2D eigenvalue weighted by Gasteiger charge is 2.26. The van der Waals surface area contributed by atoms with Crippen molar-refractivity contribution in [2.24, 2.45) is 0 Å². The Balaban J connectivity index is 2.45. The second-order valence-corrected chi connectivity index (χ2v) is 5.62. The van der Waals surface area contributed by atoms with E-state index in [2.05, 4.69) is 4.98 Å². The Morgan fingerprint density at radius 1 is 1.33 bits per heavy atom.